The molecule has 0 saturated heterocycles. The van der Waals surface area contributed by atoms with Gasteiger partial charge in [0.25, 0.3) is 5.54 Å². The summed E-state index contributed by atoms with van der Waals surface area (Å²) in [5.41, 5.74) is -0.627. The third-order valence-electron chi connectivity index (χ3n) is 3.61. The molecular weight excluding hydrogens is 220 g/mol. The van der Waals surface area contributed by atoms with Gasteiger partial charge >= 0.3 is 0 Å². The monoisotopic (exact) mass is 236 g/mol. The molecule has 1 N–H and O–H groups in total. The molecule has 1 aromatic rings. The van der Waals surface area contributed by atoms with E-state index in [1.54, 1.807) is 24.5 Å². The van der Waals surface area contributed by atoms with E-state index < -0.39 is 11.6 Å². The summed E-state index contributed by atoms with van der Waals surface area (Å²) >= 11 is 0. The number of pyridine rings is 1. The molecule has 1 unspecified atom stereocenters. The summed E-state index contributed by atoms with van der Waals surface area (Å²) in [4.78, 5) is 14.9. The molecule has 5 heteroatoms. The Morgan fingerprint density at radius 2 is 1.88 bits per heavy atom. The van der Waals surface area contributed by atoms with Gasteiger partial charge in [-0.15, -0.1) is 0 Å². The second kappa shape index (κ2) is 4.79. The number of nitro groups is 1. The van der Waals surface area contributed by atoms with Crippen molar-refractivity contribution in [3.63, 3.8) is 0 Å². The maximum Gasteiger partial charge on any atom is 0.251 e. The van der Waals surface area contributed by atoms with Crippen LogP contribution in [0.4, 0.5) is 0 Å². The second-order valence-corrected chi connectivity index (χ2v) is 4.60. The Hall–Kier alpha value is -1.49. The molecule has 1 aromatic heterocycles. The van der Waals surface area contributed by atoms with Crippen molar-refractivity contribution in [1.29, 1.82) is 0 Å². The van der Waals surface area contributed by atoms with Gasteiger partial charge in [0, 0.05) is 30.2 Å². The molecule has 17 heavy (non-hydrogen) atoms. The zero-order valence-electron chi connectivity index (χ0n) is 9.58. The normalized spacial score (nSPS) is 20.8. The maximum absolute atomic E-state index is 11.3. The summed E-state index contributed by atoms with van der Waals surface area (Å²) in [5, 5.41) is 21.6. The topological polar surface area (TPSA) is 76.3 Å². The van der Waals surface area contributed by atoms with Crippen LogP contribution in [0.5, 0.6) is 0 Å². The highest BCUT2D eigenvalue weighted by Gasteiger charge is 2.50. The van der Waals surface area contributed by atoms with Gasteiger partial charge < -0.3 is 5.11 Å². The van der Waals surface area contributed by atoms with E-state index >= 15 is 0 Å². The molecule has 0 aliphatic heterocycles. The van der Waals surface area contributed by atoms with Crippen molar-refractivity contribution in [2.45, 2.75) is 43.7 Å². The fourth-order valence-electron chi connectivity index (χ4n) is 2.58. The number of rotatable bonds is 3. The third-order valence-corrected chi connectivity index (χ3v) is 3.61. The molecule has 0 amide bonds. The lowest BCUT2D eigenvalue weighted by molar-refractivity contribution is -0.589. The van der Waals surface area contributed by atoms with Crippen LogP contribution in [0.3, 0.4) is 0 Å². The fraction of sp³-hybridized carbons (Fsp3) is 0.583. The van der Waals surface area contributed by atoms with E-state index in [-0.39, 0.29) is 4.92 Å². The van der Waals surface area contributed by atoms with Crippen LogP contribution in [0.25, 0.3) is 0 Å². The molecule has 1 aliphatic carbocycles. The number of aromatic nitrogens is 1. The lowest BCUT2D eigenvalue weighted by Crippen LogP contribution is -2.46. The molecule has 1 aliphatic rings. The first-order valence-electron chi connectivity index (χ1n) is 5.89. The summed E-state index contributed by atoms with van der Waals surface area (Å²) in [6.07, 6.45) is 5.59. The average molecular weight is 236 g/mol. The number of hydrogen-bond donors (Lipinski definition) is 1. The molecule has 1 heterocycles. The summed E-state index contributed by atoms with van der Waals surface area (Å²) in [6, 6.07) is 3.29. The number of hydrogen-bond acceptors (Lipinski definition) is 4. The van der Waals surface area contributed by atoms with Gasteiger partial charge in [-0.3, -0.25) is 15.1 Å². The lowest BCUT2D eigenvalue weighted by atomic mass is 9.76. The highest BCUT2D eigenvalue weighted by molar-refractivity contribution is 5.17. The summed E-state index contributed by atoms with van der Waals surface area (Å²) < 4.78 is 0. The molecule has 1 saturated carbocycles. The van der Waals surface area contributed by atoms with Crippen LogP contribution < -0.4 is 0 Å². The van der Waals surface area contributed by atoms with Crippen LogP contribution in [0, 0.1) is 10.1 Å². The number of nitrogens with zero attached hydrogens (tertiary/aromatic N) is 2. The van der Waals surface area contributed by atoms with E-state index in [0.717, 1.165) is 19.3 Å². The molecular formula is C12H16N2O3. The van der Waals surface area contributed by atoms with Crippen LogP contribution in [0.1, 0.15) is 43.8 Å². The predicted octanol–water partition coefficient (Wildman–Crippen LogP) is 2.09. The van der Waals surface area contributed by atoms with E-state index in [1.807, 2.05) is 0 Å². The lowest BCUT2D eigenvalue weighted by Gasteiger charge is -2.33. The zero-order valence-corrected chi connectivity index (χ0v) is 9.58. The van der Waals surface area contributed by atoms with Crippen molar-refractivity contribution in [1.82, 2.24) is 4.98 Å². The van der Waals surface area contributed by atoms with Gasteiger partial charge in [0.2, 0.25) is 0 Å². The van der Waals surface area contributed by atoms with Gasteiger partial charge in [-0.2, -0.15) is 0 Å². The molecule has 5 nitrogen and oxygen atoms in total. The van der Waals surface area contributed by atoms with Crippen molar-refractivity contribution < 1.29 is 10.0 Å². The van der Waals surface area contributed by atoms with Gasteiger partial charge in [0.05, 0.1) is 0 Å². The largest absolute Gasteiger partial charge is 0.381 e. The first-order chi connectivity index (χ1) is 8.17. The quantitative estimate of drug-likeness (QED) is 0.644. The minimum absolute atomic E-state index is 0.294. The smallest absolute Gasteiger partial charge is 0.251 e. The van der Waals surface area contributed by atoms with Crippen molar-refractivity contribution in [2.75, 3.05) is 0 Å². The Labute approximate surface area is 99.6 Å². The van der Waals surface area contributed by atoms with E-state index in [2.05, 4.69) is 4.98 Å². The van der Waals surface area contributed by atoms with Gasteiger partial charge in [-0.05, 0) is 30.5 Å². The van der Waals surface area contributed by atoms with Crippen LogP contribution in [0.15, 0.2) is 24.5 Å². The number of aliphatic hydroxyl groups excluding tert-OH is 1. The Kier molecular flexibility index (Phi) is 3.38. The highest BCUT2D eigenvalue weighted by atomic mass is 16.6. The van der Waals surface area contributed by atoms with Crippen LogP contribution in [0.2, 0.25) is 0 Å². The molecule has 92 valence electrons. The SMILES string of the molecule is O=[N+]([O-])C1(C(O)c2ccncc2)CCCCC1. The molecule has 1 fully saturated rings. The molecule has 0 radical (unpaired) electrons. The van der Waals surface area contributed by atoms with Crippen molar-refractivity contribution >= 4 is 0 Å². The van der Waals surface area contributed by atoms with Crippen LogP contribution >= 0.6 is 0 Å². The fourth-order valence-corrected chi connectivity index (χ4v) is 2.58. The van der Waals surface area contributed by atoms with Crippen LogP contribution in [-0.4, -0.2) is 20.6 Å². The van der Waals surface area contributed by atoms with E-state index in [0.29, 0.717) is 18.4 Å². The van der Waals surface area contributed by atoms with E-state index in [9.17, 15) is 15.2 Å². The van der Waals surface area contributed by atoms with Crippen LogP contribution in [-0.2, 0) is 0 Å². The first-order valence-corrected chi connectivity index (χ1v) is 5.89. The maximum atomic E-state index is 11.3. The zero-order chi connectivity index (χ0) is 12.3. The molecule has 1 atom stereocenters. The Balaban J connectivity index is 2.30. The molecule has 0 spiro atoms. The minimum atomic E-state index is -1.21. The van der Waals surface area contributed by atoms with E-state index in [1.165, 1.54) is 0 Å². The third kappa shape index (κ3) is 2.15. The molecule has 0 aromatic carbocycles. The van der Waals surface area contributed by atoms with Crippen molar-refractivity contribution in [3.05, 3.63) is 40.2 Å². The van der Waals surface area contributed by atoms with Gasteiger partial charge in [-0.1, -0.05) is 6.42 Å². The predicted molar refractivity (Wildman–Crippen MR) is 62.0 cm³/mol. The van der Waals surface area contributed by atoms with Gasteiger partial charge in [0.15, 0.2) is 0 Å². The Morgan fingerprint density at radius 3 is 2.41 bits per heavy atom. The van der Waals surface area contributed by atoms with Crippen molar-refractivity contribution in [3.8, 4) is 0 Å². The van der Waals surface area contributed by atoms with Gasteiger partial charge in [0.1, 0.15) is 6.10 Å². The van der Waals surface area contributed by atoms with Gasteiger partial charge in [-0.25, -0.2) is 0 Å². The molecule has 2 rings (SSSR count). The molecule has 0 bridgehead atoms. The summed E-state index contributed by atoms with van der Waals surface area (Å²) in [7, 11) is 0. The van der Waals surface area contributed by atoms with E-state index in [4.69, 9.17) is 0 Å². The number of aliphatic hydroxyl groups is 1. The highest BCUT2D eigenvalue weighted by Crippen LogP contribution is 2.40. The first kappa shape index (κ1) is 12.0. The second-order valence-electron chi connectivity index (χ2n) is 4.60. The Morgan fingerprint density at radius 1 is 1.29 bits per heavy atom. The standard InChI is InChI=1S/C12H16N2O3/c15-11(10-4-8-13-9-5-10)12(14(16)17)6-2-1-3-7-12/h4-5,8-9,11,15H,1-3,6-7H2. The summed E-state index contributed by atoms with van der Waals surface area (Å²) in [6.45, 7) is 0. The summed E-state index contributed by atoms with van der Waals surface area (Å²) in [5.74, 6) is 0. The Bertz CT molecular complexity index is 388. The minimum Gasteiger partial charge on any atom is -0.381 e. The van der Waals surface area contributed by atoms with Crippen molar-refractivity contribution in [2.24, 2.45) is 0 Å². The average Bonchev–Trinajstić information content (AvgIpc) is 2.39.